The molecule has 0 spiro atoms. The van der Waals surface area contributed by atoms with Crippen molar-refractivity contribution in [3.8, 4) is 0 Å². The maximum Gasteiger partial charge on any atom is 0.128 e. The second-order valence-corrected chi connectivity index (χ2v) is 4.33. The number of nitrogens with one attached hydrogen (secondary N) is 1. The Morgan fingerprint density at radius 2 is 2.60 bits per heavy atom. The molecule has 1 saturated heterocycles. The molecule has 2 heterocycles. The van der Waals surface area contributed by atoms with Crippen molar-refractivity contribution >= 4 is 0 Å². The highest BCUT2D eigenvalue weighted by atomic mass is 16.5. The van der Waals surface area contributed by atoms with Crippen LogP contribution in [-0.2, 0) is 6.54 Å². The summed E-state index contributed by atoms with van der Waals surface area (Å²) in [7, 11) is 2.03. The molecule has 2 rings (SSSR count). The normalized spacial score (nSPS) is 23.1. The summed E-state index contributed by atoms with van der Waals surface area (Å²) in [6.45, 7) is 4.49. The summed E-state index contributed by atoms with van der Waals surface area (Å²) in [5.74, 6) is 0.795. The largest absolute Gasteiger partial charge is 0.364 e. The molecular weight excluding hydrogens is 190 g/mol. The SMILES string of the molecule is CNCC1CCCN(Cc2cnoc2)C1. The Balaban J connectivity index is 1.82. The molecule has 0 bridgehead atoms. The molecule has 1 N–H and O–H groups in total. The summed E-state index contributed by atoms with van der Waals surface area (Å²) in [6, 6.07) is 0. The van der Waals surface area contributed by atoms with Crippen molar-refractivity contribution in [3.05, 3.63) is 18.0 Å². The third kappa shape index (κ3) is 3.04. The molecule has 4 nitrogen and oxygen atoms in total. The zero-order valence-corrected chi connectivity index (χ0v) is 9.28. The van der Waals surface area contributed by atoms with Crippen LogP contribution in [0, 0.1) is 5.92 Å². The lowest BCUT2D eigenvalue weighted by atomic mass is 9.98. The molecule has 0 aromatic carbocycles. The Kier molecular flexibility index (Phi) is 3.75. The van der Waals surface area contributed by atoms with Gasteiger partial charge in [-0.15, -0.1) is 0 Å². The molecule has 1 unspecified atom stereocenters. The van der Waals surface area contributed by atoms with Gasteiger partial charge in [-0.2, -0.15) is 0 Å². The van der Waals surface area contributed by atoms with Gasteiger partial charge in [-0.05, 0) is 38.9 Å². The number of aromatic nitrogens is 1. The highest BCUT2D eigenvalue weighted by molar-refractivity contribution is 5.00. The summed E-state index contributed by atoms with van der Waals surface area (Å²) in [6.07, 6.45) is 6.20. The van der Waals surface area contributed by atoms with Gasteiger partial charge in [0, 0.05) is 18.7 Å². The van der Waals surface area contributed by atoms with Crippen LogP contribution in [0.15, 0.2) is 17.0 Å². The van der Waals surface area contributed by atoms with Crippen LogP contribution in [0.4, 0.5) is 0 Å². The van der Waals surface area contributed by atoms with Crippen LogP contribution in [0.2, 0.25) is 0 Å². The lowest BCUT2D eigenvalue weighted by Gasteiger charge is -2.32. The van der Waals surface area contributed by atoms with E-state index in [1.165, 1.54) is 31.5 Å². The molecule has 84 valence electrons. The van der Waals surface area contributed by atoms with Crippen LogP contribution in [0.1, 0.15) is 18.4 Å². The van der Waals surface area contributed by atoms with E-state index in [0.29, 0.717) is 0 Å². The second kappa shape index (κ2) is 5.28. The minimum atomic E-state index is 0.795. The highest BCUT2D eigenvalue weighted by Gasteiger charge is 2.19. The van der Waals surface area contributed by atoms with Crippen LogP contribution in [0.5, 0.6) is 0 Å². The molecule has 1 aromatic rings. The van der Waals surface area contributed by atoms with Crippen molar-refractivity contribution in [1.29, 1.82) is 0 Å². The molecule has 1 atom stereocenters. The Bertz CT molecular complexity index is 271. The predicted molar refractivity (Wildman–Crippen MR) is 58.4 cm³/mol. The Hall–Kier alpha value is -0.870. The van der Waals surface area contributed by atoms with E-state index in [2.05, 4.69) is 15.4 Å². The van der Waals surface area contributed by atoms with Gasteiger partial charge in [0.1, 0.15) is 6.26 Å². The fourth-order valence-corrected chi connectivity index (χ4v) is 2.31. The van der Waals surface area contributed by atoms with E-state index in [0.717, 1.165) is 19.0 Å². The molecule has 1 aromatic heterocycles. The molecule has 0 saturated carbocycles. The quantitative estimate of drug-likeness (QED) is 0.806. The number of piperidine rings is 1. The Morgan fingerprint density at radius 3 is 3.33 bits per heavy atom. The molecule has 1 aliphatic rings. The second-order valence-electron chi connectivity index (χ2n) is 4.33. The predicted octanol–water partition coefficient (Wildman–Crippen LogP) is 1.11. The molecule has 0 aliphatic carbocycles. The van der Waals surface area contributed by atoms with Crippen LogP contribution in [0.3, 0.4) is 0 Å². The van der Waals surface area contributed by atoms with Gasteiger partial charge in [0.2, 0.25) is 0 Å². The standard InChI is InChI=1S/C11H19N3O/c1-12-5-10-3-2-4-14(7-10)8-11-6-13-15-9-11/h6,9-10,12H,2-5,7-8H2,1H3. The fourth-order valence-electron chi connectivity index (χ4n) is 2.31. The average Bonchev–Trinajstić information content (AvgIpc) is 2.71. The van der Waals surface area contributed by atoms with Gasteiger partial charge in [-0.3, -0.25) is 4.90 Å². The maximum absolute atomic E-state index is 4.84. The number of hydrogen-bond donors (Lipinski definition) is 1. The fraction of sp³-hybridized carbons (Fsp3) is 0.727. The van der Waals surface area contributed by atoms with E-state index in [1.54, 1.807) is 6.26 Å². The van der Waals surface area contributed by atoms with E-state index in [4.69, 9.17) is 4.52 Å². The zero-order chi connectivity index (χ0) is 10.5. The van der Waals surface area contributed by atoms with E-state index in [9.17, 15) is 0 Å². The number of hydrogen-bond acceptors (Lipinski definition) is 4. The van der Waals surface area contributed by atoms with Crippen molar-refractivity contribution in [1.82, 2.24) is 15.4 Å². The molecule has 4 heteroatoms. The lowest BCUT2D eigenvalue weighted by molar-refractivity contribution is 0.166. The van der Waals surface area contributed by atoms with Gasteiger partial charge in [0.05, 0.1) is 6.20 Å². The zero-order valence-electron chi connectivity index (χ0n) is 9.28. The van der Waals surface area contributed by atoms with Gasteiger partial charge in [-0.1, -0.05) is 5.16 Å². The first kappa shape index (κ1) is 10.6. The first-order valence-electron chi connectivity index (χ1n) is 5.63. The minimum Gasteiger partial charge on any atom is -0.364 e. The number of nitrogens with zero attached hydrogens (tertiary/aromatic N) is 2. The third-order valence-electron chi connectivity index (χ3n) is 2.99. The van der Waals surface area contributed by atoms with E-state index < -0.39 is 0 Å². The molecule has 1 aliphatic heterocycles. The molecular formula is C11H19N3O. The van der Waals surface area contributed by atoms with E-state index in [1.807, 2.05) is 13.2 Å². The summed E-state index contributed by atoms with van der Waals surface area (Å²) in [5, 5.41) is 6.99. The smallest absolute Gasteiger partial charge is 0.128 e. The van der Waals surface area contributed by atoms with Crippen molar-refractivity contribution in [3.63, 3.8) is 0 Å². The Labute approximate surface area is 90.6 Å². The highest BCUT2D eigenvalue weighted by Crippen LogP contribution is 2.17. The van der Waals surface area contributed by atoms with Crippen molar-refractivity contribution in [2.75, 3.05) is 26.7 Å². The van der Waals surface area contributed by atoms with E-state index in [-0.39, 0.29) is 0 Å². The monoisotopic (exact) mass is 209 g/mol. The number of rotatable bonds is 4. The average molecular weight is 209 g/mol. The van der Waals surface area contributed by atoms with Gasteiger partial charge < -0.3 is 9.84 Å². The molecule has 1 fully saturated rings. The molecule has 0 radical (unpaired) electrons. The van der Waals surface area contributed by atoms with Gasteiger partial charge in [0.15, 0.2) is 0 Å². The molecule has 0 amide bonds. The summed E-state index contributed by atoms with van der Waals surface area (Å²) in [4.78, 5) is 2.48. The van der Waals surface area contributed by atoms with Crippen molar-refractivity contribution in [2.24, 2.45) is 5.92 Å². The maximum atomic E-state index is 4.84. The summed E-state index contributed by atoms with van der Waals surface area (Å²) < 4.78 is 4.84. The van der Waals surface area contributed by atoms with Crippen LogP contribution < -0.4 is 5.32 Å². The third-order valence-corrected chi connectivity index (χ3v) is 2.99. The van der Waals surface area contributed by atoms with Crippen molar-refractivity contribution < 1.29 is 4.52 Å². The Morgan fingerprint density at radius 1 is 1.67 bits per heavy atom. The first-order valence-corrected chi connectivity index (χ1v) is 5.63. The van der Waals surface area contributed by atoms with Gasteiger partial charge in [0.25, 0.3) is 0 Å². The van der Waals surface area contributed by atoms with E-state index >= 15 is 0 Å². The molecule has 15 heavy (non-hydrogen) atoms. The van der Waals surface area contributed by atoms with Gasteiger partial charge >= 0.3 is 0 Å². The first-order chi connectivity index (χ1) is 7.38. The topological polar surface area (TPSA) is 41.3 Å². The van der Waals surface area contributed by atoms with Crippen LogP contribution >= 0.6 is 0 Å². The van der Waals surface area contributed by atoms with Crippen molar-refractivity contribution in [2.45, 2.75) is 19.4 Å². The van der Waals surface area contributed by atoms with Crippen LogP contribution in [0.25, 0.3) is 0 Å². The minimum absolute atomic E-state index is 0.795. The van der Waals surface area contributed by atoms with Crippen LogP contribution in [-0.4, -0.2) is 36.7 Å². The summed E-state index contributed by atoms with van der Waals surface area (Å²) in [5.41, 5.74) is 1.18. The summed E-state index contributed by atoms with van der Waals surface area (Å²) >= 11 is 0. The van der Waals surface area contributed by atoms with Gasteiger partial charge in [-0.25, -0.2) is 0 Å². The number of likely N-dealkylation sites (tertiary alicyclic amines) is 1. The lowest BCUT2D eigenvalue weighted by Crippen LogP contribution is -2.38.